The van der Waals surface area contributed by atoms with Gasteiger partial charge in [-0.25, -0.2) is 0 Å². The van der Waals surface area contributed by atoms with E-state index in [1.165, 1.54) is 24.6 Å². The summed E-state index contributed by atoms with van der Waals surface area (Å²) in [7, 11) is 0. The third-order valence-electron chi connectivity index (χ3n) is 3.69. The molecule has 1 N–H and O–H groups in total. The lowest BCUT2D eigenvalue weighted by molar-refractivity contribution is -0.119. The zero-order chi connectivity index (χ0) is 15.2. The molecule has 1 fully saturated rings. The van der Waals surface area contributed by atoms with E-state index < -0.39 is 0 Å². The average molecular weight is 314 g/mol. The molecule has 0 spiro atoms. The normalized spacial score (nSPS) is 14.9. The van der Waals surface area contributed by atoms with Gasteiger partial charge in [-0.05, 0) is 37.1 Å². The Kier molecular flexibility index (Phi) is 5.00. The van der Waals surface area contributed by atoms with Crippen molar-refractivity contribution in [1.82, 2.24) is 20.5 Å². The highest BCUT2D eigenvalue weighted by molar-refractivity contribution is 7.99. The van der Waals surface area contributed by atoms with Crippen molar-refractivity contribution < 1.29 is 4.79 Å². The van der Waals surface area contributed by atoms with Crippen LogP contribution in [0.15, 0.2) is 41.7 Å². The number of thioether (sulfide) groups is 1. The minimum Gasteiger partial charge on any atom is -0.353 e. The molecule has 0 bridgehead atoms. The Morgan fingerprint density at radius 1 is 1.14 bits per heavy atom. The third kappa shape index (κ3) is 4.04. The molecule has 0 aromatic carbocycles. The number of carbonyl (C=O) groups is 1. The number of hydrogen-bond donors (Lipinski definition) is 1. The molecule has 1 amide bonds. The van der Waals surface area contributed by atoms with Gasteiger partial charge in [0.1, 0.15) is 5.03 Å². The van der Waals surface area contributed by atoms with Crippen LogP contribution in [0.3, 0.4) is 0 Å². The Hall–Kier alpha value is -1.95. The van der Waals surface area contributed by atoms with Crippen LogP contribution < -0.4 is 5.32 Å². The van der Waals surface area contributed by atoms with Crippen LogP contribution >= 0.6 is 11.8 Å². The van der Waals surface area contributed by atoms with Crippen molar-refractivity contribution in [3.05, 3.63) is 36.7 Å². The molecule has 1 saturated carbocycles. The quantitative estimate of drug-likeness (QED) is 0.859. The third-order valence-corrected chi connectivity index (χ3v) is 4.61. The van der Waals surface area contributed by atoms with Gasteiger partial charge in [-0.1, -0.05) is 24.6 Å². The summed E-state index contributed by atoms with van der Waals surface area (Å²) in [5.41, 5.74) is 1.79. The lowest BCUT2D eigenvalue weighted by Crippen LogP contribution is -2.33. The van der Waals surface area contributed by atoms with Crippen molar-refractivity contribution in [3.63, 3.8) is 0 Å². The van der Waals surface area contributed by atoms with Crippen LogP contribution in [0.4, 0.5) is 0 Å². The molecule has 3 rings (SSSR count). The first-order chi connectivity index (χ1) is 10.8. The Morgan fingerprint density at radius 2 is 1.91 bits per heavy atom. The lowest BCUT2D eigenvalue weighted by atomic mass is 10.2. The van der Waals surface area contributed by atoms with Crippen LogP contribution in [0.5, 0.6) is 0 Å². The molecule has 5 nitrogen and oxygen atoms in total. The van der Waals surface area contributed by atoms with Crippen molar-refractivity contribution >= 4 is 17.7 Å². The Morgan fingerprint density at radius 3 is 2.59 bits per heavy atom. The maximum Gasteiger partial charge on any atom is 0.230 e. The van der Waals surface area contributed by atoms with Crippen LogP contribution in [-0.2, 0) is 4.79 Å². The number of nitrogens with one attached hydrogen (secondary N) is 1. The van der Waals surface area contributed by atoms with Crippen LogP contribution in [0.1, 0.15) is 25.7 Å². The first kappa shape index (κ1) is 15.0. The largest absolute Gasteiger partial charge is 0.353 e. The Labute approximate surface area is 133 Å². The van der Waals surface area contributed by atoms with Crippen molar-refractivity contribution in [2.75, 3.05) is 5.75 Å². The highest BCUT2D eigenvalue weighted by Gasteiger charge is 2.17. The summed E-state index contributed by atoms with van der Waals surface area (Å²) in [6.07, 6.45) is 8.12. The van der Waals surface area contributed by atoms with Gasteiger partial charge in [0.2, 0.25) is 5.91 Å². The van der Waals surface area contributed by atoms with Crippen LogP contribution in [-0.4, -0.2) is 32.9 Å². The summed E-state index contributed by atoms with van der Waals surface area (Å²) in [5.74, 6) is 0.469. The van der Waals surface area contributed by atoms with Gasteiger partial charge in [0.15, 0.2) is 0 Å². The maximum absolute atomic E-state index is 11.9. The van der Waals surface area contributed by atoms with Gasteiger partial charge in [0, 0.05) is 24.0 Å². The summed E-state index contributed by atoms with van der Waals surface area (Å²) >= 11 is 1.42. The summed E-state index contributed by atoms with van der Waals surface area (Å²) < 4.78 is 0. The summed E-state index contributed by atoms with van der Waals surface area (Å²) in [4.78, 5) is 15.9. The van der Waals surface area contributed by atoms with E-state index in [1.807, 2.05) is 24.3 Å². The molecule has 1 aliphatic rings. The predicted molar refractivity (Wildman–Crippen MR) is 86.4 cm³/mol. The van der Waals surface area contributed by atoms with E-state index in [-0.39, 0.29) is 5.91 Å². The number of aromatic nitrogens is 3. The number of carbonyl (C=O) groups excluding carboxylic acids is 1. The number of nitrogens with zero attached hydrogens (tertiary/aromatic N) is 3. The van der Waals surface area contributed by atoms with Crippen molar-refractivity contribution in [2.45, 2.75) is 36.8 Å². The zero-order valence-electron chi connectivity index (χ0n) is 12.2. The van der Waals surface area contributed by atoms with Gasteiger partial charge in [0.25, 0.3) is 0 Å². The fraction of sp³-hybridized carbons (Fsp3) is 0.375. The summed E-state index contributed by atoms with van der Waals surface area (Å²) in [5, 5.41) is 12.2. The summed E-state index contributed by atoms with van der Waals surface area (Å²) in [6.45, 7) is 0. The number of rotatable bonds is 5. The van der Waals surface area contributed by atoms with Crippen LogP contribution in [0, 0.1) is 0 Å². The van der Waals surface area contributed by atoms with Crippen LogP contribution in [0.2, 0.25) is 0 Å². The summed E-state index contributed by atoms with van der Waals surface area (Å²) in [6, 6.07) is 7.97. The number of pyridine rings is 1. The Bertz CT molecular complexity index is 612. The lowest BCUT2D eigenvalue weighted by Gasteiger charge is -2.11. The van der Waals surface area contributed by atoms with Crippen molar-refractivity contribution in [1.29, 1.82) is 0 Å². The maximum atomic E-state index is 11.9. The van der Waals surface area contributed by atoms with Gasteiger partial charge in [-0.15, -0.1) is 10.2 Å². The first-order valence-electron chi connectivity index (χ1n) is 7.47. The smallest absolute Gasteiger partial charge is 0.230 e. The highest BCUT2D eigenvalue weighted by Crippen LogP contribution is 2.20. The van der Waals surface area contributed by atoms with Gasteiger partial charge in [-0.2, -0.15) is 0 Å². The second-order valence-corrected chi connectivity index (χ2v) is 6.33. The van der Waals surface area contributed by atoms with Gasteiger partial charge < -0.3 is 5.32 Å². The number of hydrogen-bond acceptors (Lipinski definition) is 5. The number of amides is 1. The van der Waals surface area contributed by atoms with E-state index in [4.69, 9.17) is 0 Å². The molecule has 0 atom stereocenters. The predicted octanol–water partition coefficient (Wildman–Crippen LogP) is 2.69. The molecule has 6 heteroatoms. The van der Waals surface area contributed by atoms with Crippen molar-refractivity contribution in [3.8, 4) is 11.3 Å². The zero-order valence-corrected chi connectivity index (χ0v) is 13.1. The fourth-order valence-corrected chi connectivity index (χ4v) is 3.18. The molecule has 0 aliphatic heterocycles. The minimum absolute atomic E-state index is 0.0805. The second-order valence-electron chi connectivity index (χ2n) is 5.33. The SMILES string of the molecule is O=C(CSc1ccc(-c2ccncc2)nn1)NC1CCCC1. The molecular formula is C16H18N4OS. The molecule has 2 aromatic rings. The monoisotopic (exact) mass is 314 g/mol. The van der Waals surface area contributed by atoms with Gasteiger partial charge >= 0.3 is 0 Å². The van der Waals surface area contributed by atoms with E-state index in [2.05, 4.69) is 20.5 Å². The molecule has 2 aromatic heterocycles. The molecular weight excluding hydrogens is 296 g/mol. The van der Waals surface area contributed by atoms with Crippen molar-refractivity contribution in [2.24, 2.45) is 0 Å². The second kappa shape index (κ2) is 7.35. The Balaban J connectivity index is 1.51. The molecule has 0 saturated heterocycles. The minimum atomic E-state index is 0.0805. The first-order valence-corrected chi connectivity index (χ1v) is 8.46. The fourth-order valence-electron chi connectivity index (χ4n) is 2.55. The van der Waals surface area contributed by atoms with E-state index in [0.29, 0.717) is 11.8 Å². The van der Waals surface area contributed by atoms with E-state index in [1.54, 1.807) is 12.4 Å². The molecule has 114 valence electrons. The van der Waals surface area contributed by atoms with Gasteiger partial charge in [0.05, 0.1) is 11.4 Å². The molecule has 2 heterocycles. The molecule has 0 radical (unpaired) electrons. The van der Waals surface area contributed by atoms with E-state index in [9.17, 15) is 4.79 Å². The molecule has 22 heavy (non-hydrogen) atoms. The molecule has 1 aliphatic carbocycles. The molecule has 0 unspecified atom stereocenters. The highest BCUT2D eigenvalue weighted by atomic mass is 32.2. The van der Waals surface area contributed by atoms with E-state index >= 15 is 0 Å². The van der Waals surface area contributed by atoms with E-state index in [0.717, 1.165) is 29.1 Å². The standard InChI is InChI=1S/C16H18N4OS/c21-15(18-13-3-1-2-4-13)11-22-16-6-5-14(19-20-16)12-7-9-17-10-8-12/h5-10,13H,1-4,11H2,(H,18,21). The van der Waals surface area contributed by atoms with Gasteiger partial charge in [-0.3, -0.25) is 9.78 Å². The topological polar surface area (TPSA) is 67.8 Å². The van der Waals surface area contributed by atoms with Crippen LogP contribution in [0.25, 0.3) is 11.3 Å². The average Bonchev–Trinajstić information content (AvgIpc) is 3.07.